The van der Waals surface area contributed by atoms with Gasteiger partial charge in [-0.2, -0.15) is 0 Å². The Labute approximate surface area is 116 Å². The minimum Gasteiger partial charge on any atom is -0.449 e. The van der Waals surface area contributed by atoms with Crippen LogP contribution in [0.2, 0.25) is 5.02 Å². The lowest BCUT2D eigenvalue weighted by Crippen LogP contribution is -2.39. The highest BCUT2D eigenvalue weighted by Crippen LogP contribution is 2.28. The highest BCUT2D eigenvalue weighted by molar-refractivity contribution is 6.34. The quantitative estimate of drug-likeness (QED) is 0.919. The zero-order chi connectivity index (χ0) is 13.4. The predicted molar refractivity (Wildman–Crippen MR) is 74.3 cm³/mol. The fraction of sp³-hybridized carbons (Fsp3) is 0.357. The van der Waals surface area contributed by atoms with Gasteiger partial charge in [-0.05, 0) is 25.0 Å². The molecule has 1 aromatic heterocycles. The van der Waals surface area contributed by atoms with Crippen molar-refractivity contribution in [1.82, 2.24) is 4.90 Å². The number of fused-ring (bicyclic) bond motifs is 1. The molecule has 3 rings (SSSR count). The lowest BCUT2D eigenvalue weighted by atomic mass is 10.2. The molecule has 100 valence electrons. The Morgan fingerprint density at radius 2 is 2.37 bits per heavy atom. The average molecular weight is 279 g/mol. The van der Waals surface area contributed by atoms with Crippen molar-refractivity contribution in [1.29, 1.82) is 0 Å². The summed E-state index contributed by atoms with van der Waals surface area (Å²) in [6.07, 6.45) is 1.96. The highest BCUT2D eigenvalue weighted by atomic mass is 35.5. The number of rotatable bonds is 2. The van der Waals surface area contributed by atoms with Gasteiger partial charge in [0.05, 0.1) is 5.02 Å². The summed E-state index contributed by atoms with van der Waals surface area (Å²) >= 11 is 6.05. The van der Waals surface area contributed by atoms with Gasteiger partial charge in [0.25, 0.3) is 5.91 Å². The van der Waals surface area contributed by atoms with Gasteiger partial charge in [0.15, 0.2) is 11.3 Å². The number of nitrogens with two attached hydrogens (primary N) is 1. The molecule has 2 heterocycles. The van der Waals surface area contributed by atoms with Gasteiger partial charge in [-0.15, -0.1) is 0 Å². The van der Waals surface area contributed by atoms with E-state index >= 15 is 0 Å². The molecule has 4 nitrogen and oxygen atoms in total. The van der Waals surface area contributed by atoms with Gasteiger partial charge in [0, 0.05) is 24.5 Å². The van der Waals surface area contributed by atoms with Crippen molar-refractivity contribution >= 4 is 28.5 Å². The largest absolute Gasteiger partial charge is 0.449 e. The van der Waals surface area contributed by atoms with Crippen LogP contribution in [0.4, 0.5) is 0 Å². The Hall–Kier alpha value is -1.52. The molecule has 5 heteroatoms. The van der Waals surface area contributed by atoms with E-state index in [-0.39, 0.29) is 11.9 Å². The van der Waals surface area contributed by atoms with E-state index in [2.05, 4.69) is 0 Å². The number of carbonyl (C=O) groups excluding carboxylic acids is 1. The lowest BCUT2D eigenvalue weighted by molar-refractivity contribution is 0.0711. The summed E-state index contributed by atoms with van der Waals surface area (Å²) in [7, 11) is 0. The molecule has 0 aliphatic carbocycles. The number of para-hydroxylation sites is 1. The van der Waals surface area contributed by atoms with Crippen LogP contribution in [0.3, 0.4) is 0 Å². The molecule has 1 saturated heterocycles. The molecule has 1 aromatic carbocycles. The molecule has 2 aromatic rings. The third kappa shape index (κ3) is 2.11. The maximum atomic E-state index is 12.4. The third-order valence-corrected chi connectivity index (χ3v) is 3.91. The Morgan fingerprint density at radius 3 is 3.11 bits per heavy atom. The second kappa shape index (κ2) is 4.87. The lowest BCUT2D eigenvalue weighted by Gasteiger charge is -2.22. The molecule has 19 heavy (non-hydrogen) atoms. The molecule has 2 N–H and O–H groups in total. The van der Waals surface area contributed by atoms with Crippen molar-refractivity contribution in [2.45, 2.75) is 18.9 Å². The molecular formula is C14H15ClN2O2. The molecule has 0 radical (unpaired) electrons. The fourth-order valence-electron chi connectivity index (χ4n) is 2.62. The van der Waals surface area contributed by atoms with E-state index in [1.165, 1.54) is 0 Å². The molecule has 1 unspecified atom stereocenters. The van der Waals surface area contributed by atoms with E-state index in [9.17, 15) is 4.79 Å². The number of amides is 1. The van der Waals surface area contributed by atoms with Crippen LogP contribution in [0, 0.1) is 0 Å². The van der Waals surface area contributed by atoms with Gasteiger partial charge in [-0.25, -0.2) is 0 Å². The van der Waals surface area contributed by atoms with Crippen LogP contribution in [0.5, 0.6) is 0 Å². The van der Waals surface area contributed by atoms with E-state index < -0.39 is 0 Å². The molecule has 1 fully saturated rings. The number of likely N-dealkylation sites (tertiary alicyclic amines) is 1. The van der Waals surface area contributed by atoms with Gasteiger partial charge in [-0.3, -0.25) is 4.79 Å². The Bertz CT molecular complexity index is 623. The molecule has 1 atom stereocenters. The topological polar surface area (TPSA) is 59.5 Å². The van der Waals surface area contributed by atoms with E-state index in [1.807, 2.05) is 12.1 Å². The monoisotopic (exact) mass is 278 g/mol. The first kappa shape index (κ1) is 12.5. The molecule has 1 aliphatic rings. The van der Waals surface area contributed by atoms with E-state index in [1.54, 1.807) is 17.0 Å². The first-order chi connectivity index (χ1) is 9.20. The minimum absolute atomic E-state index is 0.0970. The molecular weight excluding hydrogens is 264 g/mol. The van der Waals surface area contributed by atoms with Crippen molar-refractivity contribution in [3.63, 3.8) is 0 Å². The molecule has 1 aliphatic heterocycles. The first-order valence-electron chi connectivity index (χ1n) is 6.40. The van der Waals surface area contributed by atoms with Gasteiger partial charge < -0.3 is 15.1 Å². The van der Waals surface area contributed by atoms with Crippen molar-refractivity contribution in [3.05, 3.63) is 35.0 Å². The molecule has 0 saturated carbocycles. The van der Waals surface area contributed by atoms with Crippen molar-refractivity contribution in [2.24, 2.45) is 5.73 Å². The maximum absolute atomic E-state index is 12.4. The Kier molecular flexibility index (Phi) is 3.21. The number of benzene rings is 1. The van der Waals surface area contributed by atoms with Crippen LogP contribution in [0.1, 0.15) is 23.4 Å². The number of nitrogens with zero attached hydrogens (tertiary/aromatic N) is 1. The van der Waals surface area contributed by atoms with Gasteiger partial charge >= 0.3 is 0 Å². The van der Waals surface area contributed by atoms with Gasteiger partial charge in [0.2, 0.25) is 0 Å². The SMILES string of the molecule is NCC1CCCN1C(=O)c1cc2cccc(Cl)c2o1. The van der Waals surface area contributed by atoms with Crippen LogP contribution in [0.15, 0.2) is 28.7 Å². The number of furan rings is 1. The van der Waals surface area contributed by atoms with E-state index in [0.29, 0.717) is 22.9 Å². The molecule has 0 bridgehead atoms. The molecule has 0 spiro atoms. The number of hydrogen-bond donors (Lipinski definition) is 1. The predicted octanol–water partition coefficient (Wildman–Crippen LogP) is 2.65. The second-order valence-electron chi connectivity index (χ2n) is 4.80. The second-order valence-corrected chi connectivity index (χ2v) is 5.21. The van der Waals surface area contributed by atoms with E-state index in [0.717, 1.165) is 24.8 Å². The first-order valence-corrected chi connectivity index (χ1v) is 6.77. The summed E-state index contributed by atoms with van der Waals surface area (Å²) in [6.45, 7) is 1.23. The van der Waals surface area contributed by atoms with Gasteiger partial charge in [-0.1, -0.05) is 23.7 Å². The molecule has 1 amide bonds. The maximum Gasteiger partial charge on any atom is 0.289 e. The smallest absolute Gasteiger partial charge is 0.289 e. The van der Waals surface area contributed by atoms with Crippen molar-refractivity contribution < 1.29 is 9.21 Å². The van der Waals surface area contributed by atoms with Crippen LogP contribution >= 0.6 is 11.6 Å². The summed E-state index contributed by atoms with van der Waals surface area (Å²) in [4.78, 5) is 14.2. The summed E-state index contributed by atoms with van der Waals surface area (Å²) in [5.74, 6) is 0.240. The van der Waals surface area contributed by atoms with E-state index in [4.69, 9.17) is 21.8 Å². The fourth-order valence-corrected chi connectivity index (χ4v) is 2.84. The number of halogens is 1. The Morgan fingerprint density at radius 1 is 1.53 bits per heavy atom. The Balaban J connectivity index is 1.95. The third-order valence-electron chi connectivity index (χ3n) is 3.62. The normalized spacial score (nSPS) is 19.3. The summed E-state index contributed by atoms with van der Waals surface area (Å²) in [5, 5.41) is 1.37. The van der Waals surface area contributed by atoms with Crippen molar-refractivity contribution in [3.8, 4) is 0 Å². The summed E-state index contributed by atoms with van der Waals surface area (Å²) in [6, 6.07) is 7.34. The minimum atomic E-state index is -0.0970. The zero-order valence-electron chi connectivity index (χ0n) is 10.4. The number of carbonyl (C=O) groups is 1. The summed E-state index contributed by atoms with van der Waals surface area (Å²) in [5.41, 5.74) is 6.26. The zero-order valence-corrected chi connectivity index (χ0v) is 11.2. The standard InChI is InChI=1S/C14H15ClN2O2/c15-11-5-1-3-9-7-12(19-13(9)11)14(18)17-6-2-4-10(17)8-16/h1,3,5,7,10H,2,4,6,8,16H2. The highest BCUT2D eigenvalue weighted by Gasteiger charge is 2.30. The number of hydrogen-bond acceptors (Lipinski definition) is 3. The van der Waals surface area contributed by atoms with Crippen LogP contribution in [-0.4, -0.2) is 29.9 Å². The van der Waals surface area contributed by atoms with Crippen LogP contribution in [0.25, 0.3) is 11.0 Å². The average Bonchev–Trinajstić information content (AvgIpc) is 3.04. The van der Waals surface area contributed by atoms with Gasteiger partial charge in [0.1, 0.15) is 0 Å². The van der Waals surface area contributed by atoms with Crippen LogP contribution in [-0.2, 0) is 0 Å². The van der Waals surface area contributed by atoms with Crippen molar-refractivity contribution in [2.75, 3.05) is 13.1 Å². The summed E-state index contributed by atoms with van der Waals surface area (Å²) < 4.78 is 5.60. The van der Waals surface area contributed by atoms with Crippen LogP contribution < -0.4 is 5.73 Å².